The van der Waals surface area contributed by atoms with Crippen molar-refractivity contribution in [3.05, 3.63) is 58.7 Å². The molecule has 3 heterocycles. The summed E-state index contributed by atoms with van der Waals surface area (Å²) in [5, 5.41) is 41.2. The van der Waals surface area contributed by atoms with E-state index in [9.17, 15) is 24.5 Å². The number of aliphatic hydroxyl groups excluding tert-OH is 3. The Hall–Kier alpha value is -2.70. The maximum absolute atomic E-state index is 13.6. The lowest BCUT2D eigenvalue weighted by Crippen LogP contribution is -2.61. The highest BCUT2D eigenvalue weighted by atomic mass is 32.1. The Morgan fingerprint density at radius 3 is 2.77 bits per heavy atom. The molecule has 31 heavy (non-hydrogen) atoms. The number of rotatable bonds is 5. The van der Waals surface area contributed by atoms with Crippen LogP contribution in [0.5, 0.6) is 0 Å². The minimum absolute atomic E-state index is 0.338. The summed E-state index contributed by atoms with van der Waals surface area (Å²) in [5.74, 6) is -0.808. The predicted octanol–water partition coefficient (Wildman–Crippen LogP) is 0.898. The van der Waals surface area contributed by atoms with Crippen LogP contribution in [0, 0.1) is 5.82 Å². The highest BCUT2D eigenvalue weighted by molar-refractivity contribution is 7.12. The molecule has 0 aliphatic carbocycles. The summed E-state index contributed by atoms with van der Waals surface area (Å²) in [6.07, 6.45) is -3.47. The molecule has 1 aliphatic rings. The first-order chi connectivity index (χ1) is 14.9. The van der Waals surface area contributed by atoms with Crippen LogP contribution < -0.4 is 0 Å². The molecule has 5 atom stereocenters. The van der Waals surface area contributed by atoms with Gasteiger partial charge in [-0.2, -0.15) is 0 Å². The first-order valence-electron chi connectivity index (χ1n) is 9.51. The van der Waals surface area contributed by atoms with Gasteiger partial charge >= 0.3 is 0 Å². The number of hydrogen-bond donors (Lipinski definition) is 3. The lowest BCUT2D eigenvalue weighted by atomic mass is 9.95. The SMILES string of the molecule is CN(C(=O)c1cccs1)C1OC(CO)[C@H](O)C(n2cc(-c3cccc(F)c3)nn2)C1O. The largest absolute Gasteiger partial charge is 0.394 e. The Bertz CT molecular complexity index is 1050. The van der Waals surface area contributed by atoms with Gasteiger partial charge in [0.2, 0.25) is 0 Å². The van der Waals surface area contributed by atoms with Gasteiger partial charge in [0.1, 0.15) is 35.9 Å². The van der Waals surface area contributed by atoms with E-state index in [1.54, 1.807) is 23.6 Å². The van der Waals surface area contributed by atoms with Crippen molar-refractivity contribution in [1.29, 1.82) is 0 Å². The van der Waals surface area contributed by atoms with E-state index >= 15 is 0 Å². The average Bonchev–Trinajstić information content (AvgIpc) is 3.46. The number of halogens is 1. The minimum atomic E-state index is -1.38. The topological polar surface area (TPSA) is 121 Å². The van der Waals surface area contributed by atoms with Gasteiger partial charge in [0.05, 0.1) is 17.7 Å². The molecular weight excluding hydrogens is 427 g/mol. The van der Waals surface area contributed by atoms with Crippen LogP contribution in [0.4, 0.5) is 4.39 Å². The number of aromatic nitrogens is 3. The van der Waals surface area contributed by atoms with Gasteiger partial charge in [-0.05, 0) is 23.6 Å². The third kappa shape index (κ3) is 4.10. The van der Waals surface area contributed by atoms with E-state index in [2.05, 4.69) is 10.3 Å². The van der Waals surface area contributed by atoms with Crippen molar-refractivity contribution in [2.24, 2.45) is 0 Å². The fourth-order valence-corrected chi connectivity index (χ4v) is 4.31. The van der Waals surface area contributed by atoms with E-state index in [0.717, 1.165) is 0 Å². The van der Waals surface area contributed by atoms with Gasteiger partial charge < -0.3 is 25.0 Å². The quantitative estimate of drug-likeness (QED) is 0.530. The number of likely N-dealkylation sites (N-methyl/N-ethyl adjacent to an activating group) is 1. The van der Waals surface area contributed by atoms with Crippen molar-refractivity contribution in [3.63, 3.8) is 0 Å². The molecule has 3 N–H and O–H groups in total. The molecule has 0 saturated carbocycles. The number of benzene rings is 1. The lowest BCUT2D eigenvalue weighted by molar-refractivity contribution is -0.235. The molecule has 0 bridgehead atoms. The standard InChI is InChI=1S/C20H21FN4O5S/c1-24(19(29)15-6-3-7-31-15)20-18(28)16(17(27)14(10-26)30-20)25-9-13(22-23-25)11-4-2-5-12(21)8-11/h2-9,14,16-18,20,26-28H,10H2,1H3/t14?,16?,17-,18?,20?/m0/s1. The Kier molecular flexibility index (Phi) is 6.12. The molecule has 9 nitrogen and oxygen atoms in total. The normalized spacial score (nSPS) is 26.0. The zero-order valence-electron chi connectivity index (χ0n) is 16.4. The summed E-state index contributed by atoms with van der Waals surface area (Å²) in [5.41, 5.74) is 0.813. The van der Waals surface area contributed by atoms with Crippen molar-refractivity contribution < 1.29 is 29.2 Å². The summed E-state index contributed by atoms with van der Waals surface area (Å²) in [7, 11) is 1.47. The molecule has 3 aromatic rings. The third-order valence-corrected chi connectivity index (χ3v) is 6.10. The zero-order chi connectivity index (χ0) is 22.1. The van der Waals surface area contributed by atoms with Crippen LogP contribution >= 0.6 is 11.3 Å². The van der Waals surface area contributed by atoms with E-state index in [1.165, 1.54) is 52.4 Å². The number of nitrogens with zero attached hydrogens (tertiary/aromatic N) is 4. The maximum atomic E-state index is 13.6. The first kappa shape index (κ1) is 21.5. The van der Waals surface area contributed by atoms with E-state index in [-0.39, 0.29) is 5.91 Å². The number of hydrogen-bond acceptors (Lipinski definition) is 8. The van der Waals surface area contributed by atoms with Gasteiger partial charge in [-0.25, -0.2) is 9.07 Å². The predicted molar refractivity (Wildman–Crippen MR) is 109 cm³/mol. The Morgan fingerprint density at radius 1 is 1.29 bits per heavy atom. The van der Waals surface area contributed by atoms with Crippen molar-refractivity contribution in [2.75, 3.05) is 13.7 Å². The Morgan fingerprint density at radius 2 is 2.10 bits per heavy atom. The fourth-order valence-electron chi connectivity index (χ4n) is 3.61. The molecule has 11 heteroatoms. The van der Waals surface area contributed by atoms with Crippen LogP contribution in [0.2, 0.25) is 0 Å². The van der Waals surface area contributed by atoms with Crippen molar-refractivity contribution in [3.8, 4) is 11.3 Å². The van der Waals surface area contributed by atoms with E-state index in [0.29, 0.717) is 16.1 Å². The van der Waals surface area contributed by atoms with E-state index in [4.69, 9.17) is 4.74 Å². The molecule has 4 unspecified atom stereocenters. The van der Waals surface area contributed by atoms with Gasteiger partial charge in [0.25, 0.3) is 5.91 Å². The van der Waals surface area contributed by atoms with Crippen LogP contribution in [0.1, 0.15) is 15.7 Å². The molecule has 1 aliphatic heterocycles. The van der Waals surface area contributed by atoms with E-state index < -0.39 is 43.0 Å². The third-order valence-electron chi connectivity index (χ3n) is 5.24. The molecule has 1 aromatic carbocycles. The van der Waals surface area contributed by atoms with Gasteiger partial charge in [-0.1, -0.05) is 23.4 Å². The van der Waals surface area contributed by atoms with Crippen LogP contribution in [0.3, 0.4) is 0 Å². The summed E-state index contributed by atoms with van der Waals surface area (Å²) in [6, 6.07) is 8.10. The second kappa shape index (κ2) is 8.81. The summed E-state index contributed by atoms with van der Waals surface area (Å²) >= 11 is 1.25. The lowest BCUT2D eigenvalue weighted by Gasteiger charge is -2.44. The number of amides is 1. The summed E-state index contributed by atoms with van der Waals surface area (Å²) < 4.78 is 20.4. The molecule has 1 saturated heterocycles. The minimum Gasteiger partial charge on any atom is -0.394 e. The summed E-state index contributed by atoms with van der Waals surface area (Å²) in [4.78, 5) is 14.4. The maximum Gasteiger partial charge on any atom is 0.265 e. The Balaban J connectivity index is 1.64. The fraction of sp³-hybridized carbons (Fsp3) is 0.350. The van der Waals surface area contributed by atoms with Crippen molar-refractivity contribution in [2.45, 2.75) is 30.6 Å². The monoisotopic (exact) mass is 448 g/mol. The van der Waals surface area contributed by atoms with Crippen molar-refractivity contribution >= 4 is 17.2 Å². The number of aliphatic hydroxyl groups is 3. The van der Waals surface area contributed by atoms with Crippen LogP contribution in [0.15, 0.2) is 48.0 Å². The molecule has 1 fully saturated rings. The average molecular weight is 448 g/mol. The smallest absolute Gasteiger partial charge is 0.265 e. The van der Waals surface area contributed by atoms with Crippen LogP contribution in [-0.2, 0) is 4.74 Å². The molecule has 0 radical (unpaired) electrons. The molecule has 164 valence electrons. The van der Waals surface area contributed by atoms with Gasteiger partial charge in [-0.15, -0.1) is 16.4 Å². The molecular formula is C20H21FN4O5S. The second-order valence-electron chi connectivity index (χ2n) is 7.21. The van der Waals surface area contributed by atoms with Crippen LogP contribution in [0.25, 0.3) is 11.3 Å². The first-order valence-corrected chi connectivity index (χ1v) is 10.4. The number of ether oxygens (including phenoxy) is 1. The summed E-state index contributed by atoms with van der Waals surface area (Å²) in [6.45, 7) is -0.534. The molecule has 2 aromatic heterocycles. The number of carbonyl (C=O) groups is 1. The van der Waals surface area contributed by atoms with E-state index in [1.807, 2.05) is 0 Å². The zero-order valence-corrected chi connectivity index (χ0v) is 17.3. The molecule has 1 amide bonds. The molecule has 0 spiro atoms. The van der Waals surface area contributed by atoms with Gasteiger partial charge in [0.15, 0.2) is 6.23 Å². The second-order valence-corrected chi connectivity index (χ2v) is 8.15. The van der Waals surface area contributed by atoms with Crippen molar-refractivity contribution in [1.82, 2.24) is 19.9 Å². The highest BCUT2D eigenvalue weighted by Crippen LogP contribution is 2.32. The van der Waals surface area contributed by atoms with Crippen LogP contribution in [-0.4, -0.2) is 79.3 Å². The molecule has 4 rings (SSSR count). The highest BCUT2D eigenvalue weighted by Gasteiger charge is 2.48. The number of thiophene rings is 1. The number of carbonyl (C=O) groups excluding carboxylic acids is 1. The van der Waals surface area contributed by atoms with Gasteiger partial charge in [-0.3, -0.25) is 4.79 Å². The van der Waals surface area contributed by atoms with Gasteiger partial charge in [0, 0.05) is 12.6 Å². The Labute approximate surface area is 180 Å².